The van der Waals surface area contributed by atoms with Crippen molar-refractivity contribution >= 4 is 0 Å². The maximum absolute atomic E-state index is 0. The Balaban J connectivity index is 0. The molecule has 0 amide bonds. The van der Waals surface area contributed by atoms with Crippen LogP contribution in [0.15, 0.2) is 0 Å². The van der Waals surface area contributed by atoms with Crippen molar-refractivity contribution in [2.24, 2.45) is 0 Å². The average molecular weight is 151 g/mol. The third-order valence-electron chi connectivity index (χ3n) is 0. The van der Waals surface area contributed by atoms with Gasteiger partial charge in [0.2, 0.25) is 0 Å². The molecule has 0 fully saturated rings. The summed E-state index contributed by atoms with van der Waals surface area (Å²) in [5, 5.41) is 0. The molecule has 6 heteroatoms. The minimum Gasteiger partial charge on any atom is -1.00 e. The van der Waals surface area contributed by atoms with Crippen molar-refractivity contribution < 1.29 is 42.6 Å². The van der Waals surface area contributed by atoms with Gasteiger partial charge in [-0.2, -0.15) is 0 Å². The molecule has 0 spiro atoms. The molecule has 0 aromatic carbocycles. The van der Waals surface area contributed by atoms with Gasteiger partial charge in [-0.3, -0.25) is 0 Å². The fourth-order valence-corrected chi connectivity index (χ4v) is 0. The monoisotopic (exact) mass is 151 g/mol. The van der Waals surface area contributed by atoms with Crippen molar-refractivity contribution in [3.05, 3.63) is 0 Å². The molecule has 6 heavy (non-hydrogen) atoms. The van der Waals surface area contributed by atoms with E-state index in [-0.39, 0.29) is 42.6 Å². The van der Waals surface area contributed by atoms with E-state index in [0.717, 1.165) is 0 Å². The van der Waals surface area contributed by atoms with E-state index in [2.05, 4.69) is 0 Å². The van der Waals surface area contributed by atoms with E-state index >= 15 is 0 Å². The molecule has 0 atom stereocenters. The molecule has 3 nitrogen and oxygen atoms in total. The predicted octanol–water partition coefficient (Wildman–Crippen LogP) is -8.47. The second kappa shape index (κ2) is 1560. The molecule has 0 aromatic rings. The van der Waals surface area contributed by atoms with Crippen molar-refractivity contribution in [1.82, 2.24) is 0 Å². The van der Waals surface area contributed by atoms with Gasteiger partial charge >= 0.3 is 16.8 Å². The average Bonchev–Trinajstić information content (AvgIpc) is 0. The summed E-state index contributed by atoms with van der Waals surface area (Å²) in [5.41, 5.74) is 0. The van der Waals surface area contributed by atoms with Gasteiger partial charge in [-0.05, 0) is 0 Å². The minimum atomic E-state index is 0. The number of hydrogen-bond acceptors (Lipinski definition) is 0. The summed E-state index contributed by atoms with van der Waals surface area (Å²) in [7, 11) is 0. The smallest absolute Gasteiger partial charge is 1.00 e. The summed E-state index contributed by atoms with van der Waals surface area (Å²) in [5.74, 6) is 0. The van der Waals surface area contributed by atoms with Gasteiger partial charge in [0.05, 0.1) is 0 Å². The van der Waals surface area contributed by atoms with Crippen LogP contribution in [-0.2, 0) is 16.8 Å². The Morgan fingerprint density at radius 3 is 0.500 bits per heavy atom. The first-order chi connectivity index (χ1) is 0. The van der Waals surface area contributed by atoms with Gasteiger partial charge in [-0.1, -0.05) is 0 Å². The molecule has 6 N–H and O–H groups in total. The van der Waals surface area contributed by atoms with Gasteiger partial charge in [-0.15, -0.1) is 0 Å². The van der Waals surface area contributed by atoms with Crippen LogP contribution in [0.25, 0.3) is 0 Å². The zero-order valence-electron chi connectivity index (χ0n) is 2.59. The van der Waals surface area contributed by atoms with Crippen LogP contribution < -0.4 is 9.41 Å². The van der Waals surface area contributed by atoms with Gasteiger partial charge in [0, 0.05) is 0 Å². The SMILES string of the molecule is O.O.O.[Co+2].[F-].[F-]. The van der Waals surface area contributed by atoms with Crippen molar-refractivity contribution in [3.8, 4) is 0 Å². The standard InChI is InChI=1S/Co.2FH.3H2O/h;2*1H;3*1H2/q+2;;;;;/p-2. The second-order valence-electron chi connectivity index (χ2n) is 0. The molecule has 0 heterocycles. The van der Waals surface area contributed by atoms with Crippen molar-refractivity contribution in [3.63, 3.8) is 0 Å². The minimum absolute atomic E-state index is 0. The predicted molar refractivity (Wildman–Crippen MR) is 10.8 cm³/mol. The summed E-state index contributed by atoms with van der Waals surface area (Å²) < 4.78 is 0. The van der Waals surface area contributed by atoms with Gasteiger partial charge < -0.3 is 25.8 Å². The summed E-state index contributed by atoms with van der Waals surface area (Å²) in [4.78, 5) is 0. The molecule has 0 saturated heterocycles. The molecule has 0 aromatic heterocycles. The maximum Gasteiger partial charge on any atom is 2.00 e. The Bertz CT molecular complexity index is 8.75. The van der Waals surface area contributed by atoms with Crippen LogP contribution in [-0.4, -0.2) is 16.4 Å². The van der Waals surface area contributed by atoms with E-state index in [9.17, 15) is 0 Å². The topological polar surface area (TPSA) is 94.5 Å². The molecule has 0 bridgehead atoms. The summed E-state index contributed by atoms with van der Waals surface area (Å²) in [6, 6.07) is 0. The summed E-state index contributed by atoms with van der Waals surface area (Å²) >= 11 is 0. The largest absolute Gasteiger partial charge is 2.00 e. The molecule has 0 saturated carbocycles. The zero-order chi connectivity index (χ0) is 0. The maximum atomic E-state index is 0. The van der Waals surface area contributed by atoms with Crippen LogP contribution in [0.5, 0.6) is 0 Å². The van der Waals surface area contributed by atoms with E-state index in [1.165, 1.54) is 0 Å². The van der Waals surface area contributed by atoms with E-state index < -0.39 is 0 Å². The first-order valence-electron chi connectivity index (χ1n) is 0. The molecule has 47 valence electrons. The first-order valence-corrected chi connectivity index (χ1v) is 0. The van der Waals surface area contributed by atoms with Crippen LogP contribution >= 0.6 is 0 Å². The molecular weight excluding hydrogens is 145 g/mol. The van der Waals surface area contributed by atoms with Gasteiger partial charge in [0.15, 0.2) is 0 Å². The molecule has 0 unspecified atom stereocenters. The van der Waals surface area contributed by atoms with E-state index in [1.54, 1.807) is 0 Å². The molecule has 0 aliphatic heterocycles. The van der Waals surface area contributed by atoms with E-state index in [4.69, 9.17) is 0 Å². The third kappa shape index (κ3) is 737. The molecule has 1 radical (unpaired) electrons. The third-order valence-corrected chi connectivity index (χ3v) is 0. The van der Waals surface area contributed by atoms with Gasteiger partial charge in [0.25, 0.3) is 0 Å². The van der Waals surface area contributed by atoms with Crippen molar-refractivity contribution in [2.45, 2.75) is 0 Å². The summed E-state index contributed by atoms with van der Waals surface area (Å²) in [6.07, 6.45) is 0. The first kappa shape index (κ1) is 2830. The Morgan fingerprint density at radius 1 is 0.500 bits per heavy atom. The zero-order valence-corrected chi connectivity index (χ0v) is 3.63. The van der Waals surface area contributed by atoms with Crippen LogP contribution in [0.3, 0.4) is 0 Å². The second-order valence-corrected chi connectivity index (χ2v) is 0. The van der Waals surface area contributed by atoms with Crippen molar-refractivity contribution in [2.75, 3.05) is 0 Å². The molecule has 0 rings (SSSR count). The fraction of sp³-hybridized carbons (Fsp3) is 0. The Hall–Kier alpha value is 0.246. The molecular formula is H6CoF2O3. The Kier molecular flexibility index (Phi) is 734000. The molecule has 0 aliphatic carbocycles. The van der Waals surface area contributed by atoms with E-state index in [1.807, 2.05) is 0 Å². The van der Waals surface area contributed by atoms with Crippen LogP contribution in [0.2, 0.25) is 0 Å². The summed E-state index contributed by atoms with van der Waals surface area (Å²) in [6.45, 7) is 0. The fourth-order valence-electron chi connectivity index (χ4n) is 0. The van der Waals surface area contributed by atoms with Gasteiger partial charge in [0.1, 0.15) is 0 Å². The number of rotatable bonds is 0. The quantitative estimate of drug-likeness (QED) is 0.328. The molecule has 0 aliphatic rings. The van der Waals surface area contributed by atoms with Crippen LogP contribution in [0, 0.1) is 0 Å². The Labute approximate surface area is 43.6 Å². The van der Waals surface area contributed by atoms with E-state index in [0.29, 0.717) is 0 Å². The van der Waals surface area contributed by atoms with Crippen LogP contribution in [0.4, 0.5) is 0 Å². The van der Waals surface area contributed by atoms with Gasteiger partial charge in [-0.25, -0.2) is 0 Å². The van der Waals surface area contributed by atoms with Crippen molar-refractivity contribution in [1.29, 1.82) is 0 Å². The number of hydrogen-bond donors (Lipinski definition) is 0. The Morgan fingerprint density at radius 2 is 0.500 bits per heavy atom. The number of halogens is 2. The van der Waals surface area contributed by atoms with Crippen LogP contribution in [0.1, 0.15) is 0 Å². The normalized spacial score (nSPS) is 0.